The van der Waals surface area contributed by atoms with Crippen LogP contribution in [0.25, 0.3) is 0 Å². The predicted molar refractivity (Wildman–Crippen MR) is 92.3 cm³/mol. The van der Waals surface area contributed by atoms with E-state index in [9.17, 15) is 4.79 Å². The molecule has 1 aliphatic rings. The molecule has 3 atom stereocenters. The summed E-state index contributed by atoms with van der Waals surface area (Å²) in [7, 11) is 0. The number of benzene rings is 1. The van der Waals surface area contributed by atoms with Crippen molar-refractivity contribution in [1.29, 1.82) is 0 Å². The van der Waals surface area contributed by atoms with Gasteiger partial charge in [0.05, 0.1) is 12.2 Å². The lowest BCUT2D eigenvalue weighted by atomic mass is 10.0. The van der Waals surface area contributed by atoms with Crippen molar-refractivity contribution in [3.63, 3.8) is 0 Å². The van der Waals surface area contributed by atoms with E-state index < -0.39 is 0 Å². The predicted octanol–water partition coefficient (Wildman–Crippen LogP) is 2.20. The monoisotopic (exact) mass is 319 g/mol. The molecule has 2 amide bonds. The van der Waals surface area contributed by atoms with Crippen molar-refractivity contribution in [1.82, 2.24) is 10.6 Å². The molecule has 4 N–H and O–H groups in total. The van der Waals surface area contributed by atoms with Crippen molar-refractivity contribution in [3.8, 4) is 0 Å². The van der Waals surface area contributed by atoms with Gasteiger partial charge in [-0.25, -0.2) is 4.79 Å². The Bertz CT molecular complexity index is 470. The van der Waals surface area contributed by atoms with E-state index in [2.05, 4.69) is 22.8 Å². The summed E-state index contributed by atoms with van der Waals surface area (Å²) in [4.78, 5) is 12.0. The zero-order valence-corrected chi connectivity index (χ0v) is 14.1. The Morgan fingerprint density at radius 3 is 2.57 bits per heavy atom. The normalized spacial score (nSPS) is 25.6. The van der Waals surface area contributed by atoms with Crippen LogP contribution in [0.4, 0.5) is 4.79 Å². The van der Waals surface area contributed by atoms with Crippen LogP contribution in [-0.4, -0.2) is 36.9 Å². The molecule has 1 aliphatic heterocycles. The summed E-state index contributed by atoms with van der Waals surface area (Å²) < 4.78 is 5.68. The molecule has 1 aromatic rings. The van der Waals surface area contributed by atoms with Crippen LogP contribution >= 0.6 is 0 Å². The Labute approximate surface area is 139 Å². The van der Waals surface area contributed by atoms with Crippen molar-refractivity contribution >= 4 is 6.03 Å². The Kier molecular flexibility index (Phi) is 6.86. The number of nitrogens with two attached hydrogens (primary N) is 1. The van der Waals surface area contributed by atoms with E-state index in [4.69, 9.17) is 10.5 Å². The van der Waals surface area contributed by atoms with Gasteiger partial charge < -0.3 is 21.1 Å². The number of amides is 2. The van der Waals surface area contributed by atoms with E-state index in [1.54, 1.807) is 0 Å². The van der Waals surface area contributed by atoms with Crippen LogP contribution in [0.15, 0.2) is 30.3 Å². The molecule has 23 heavy (non-hydrogen) atoms. The first-order valence-corrected chi connectivity index (χ1v) is 8.52. The van der Waals surface area contributed by atoms with Gasteiger partial charge in [-0.1, -0.05) is 30.3 Å². The summed E-state index contributed by atoms with van der Waals surface area (Å²) in [5.41, 5.74) is 7.36. The second-order valence-corrected chi connectivity index (χ2v) is 6.56. The van der Waals surface area contributed by atoms with E-state index in [1.165, 1.54) is 5.56 Å². The first-order chi connectivity index (χ1) is 11.0. The lowest BCUT2D eigenvalue weighted by molar-refractivity contribution is -0.0402. The Morgan fingerprint density at radius 1 is 1.26 bits per heavy atom. The molecule has 1 heterocycles. The van der Waals surface area contributed by atoms with Gasteiger partial charge in [-0.05, 0) is 45.1 Å². The molecule has 0 radical (unpaired) electrons. The standard InChI is InChI=1S/C18H29N3O2/c1-13-10-17(11-14(2)23-13)21-18(22)20-9-8-16(19)12-15-6-4-3-5-7-15/h3-7,13-14,16-17H,8-12,19H2,1-2H3,(H2,20,21,22). The average Bonchev–Trinajstić information content (AvgIpc) is 2.47. The number of urea groups is 1. The highest BCUT2D eigenvalue weighted by molar-refractivity contribution is 5.74. The van der Waals surface area contributed by atoms with E-state index in [0.717, 1.165) is 25.7 Å². The fourth-order valence-electron chi connectivity index (χ4n) is 3.15. The Hall–Kier alpha value is -1.59. The van der Waals surface area contributed by atoms with Gasteiger partial charge in [-0.2, -0.15) is 0 Å². The third-order valence-corrected chi connectivity index (χ3v) is 4.17. The summed E-state index contributed by atoms with van der Waals surface area (Å²) in [5.74, 6) is 0. The molecule has 2 rings (SSSR count). The van der Waals surface area contributed by atoms with Gasteiger partial charge in [-0.15, -0.1) is 0 Å². The minimum atomic E-state index is -0.108. The first kappa shape index (κ1) is 17.8. The van der Waals surface area contributed by atoms with E-state index in [1.807, 2.05) is 32.0 Å². The van der Waals surface area contributed by atoms with Crippen LogP contribution in [0.3, 0.4) is 0 Å². The van der Waals surface area contributed by atoms with Crippen LogP contribution < -0.4 is 16.4 Å². The lowest BCUT2D eigenvalue weighted by Crippen LogP contribution is -2.48. The van der Waals surface area contributed by atoms with Gasteiger partial charge in [-0.3, -0.25) is 0 Å². The lowest BCUT2D eigenvalue weighted by Gasteiger charge is -2.32. The summed E-state index contributed by atoms with van der Waals surface area (Å²) in [5, 5.41) is 5.94. The van der Waals surface area contributed by atoms with Gasteiger partial charge >= 0.3 is 6.03 Å². The second-order valence-electron chi connectivity index (χ2n) is 6.56. The van der Waals surface area contributed by atoms with Crippen LogP contribution in [-0.2, 0) is 11.2 Å². The molecule has 0 bridgehead atoms. The third kappa shape index (κ3) is 6.59. The molecule has 3 unspecified atom stereocenters. The highest BCUT2D eigenvalue weighted by Gasteiger charge is 2.25. The van der Waals surface area contributed by atoms with E-state index in [-0.39, 0.29) is 30.3 Å². The summed E-state index contributed by atoms with van der Waals surface area (Å²) >= 11 is 0. The minimum Gasteiger partial charge on any atom is -0.375 e. The zero-order valence-electron chi connectivity index (χ0n) is 14.1. The fraction of sp³-hybridized carbons (Fsp3) is 0.611. The van der Waals surface area contributed by atoms with Gasteiger partial charge in [0.1, 0.15) is 0 Å². The van der Waals surface area contributed by atoms with Gasteiger partial charge in [0.2, 0.25) is 0 Å². The van der Waals surface area contributed by atoms with Crippen molar-refractivity contribution in [2.75, 3.05) is 6.54 Å². The molecule has 0 saturated carbocycles. The van der Waals surface area contributed by atoms with Gasteiger partial charge in [0.15, 0.2) is 0 Å². The third-order valence-electron chi connectivity index (χ3n) is 4.17. The highest BCUT2D eigenvalue weighted by Crippen LogP contribution is 2.18. The maximum atomic E-state index is 12.0. The van der Waals surface area contributed by atoms with Crippen molar-refractivity contribution in [3.05, 3.63) is 35.9 Å². The molecule has 5 heteroatoms. The highest BCUT2D eigenvalue weighted by atomic mass is 16.5. The maximum absolute atomic E-state index is 12.0. The van der Waals surface area contributed by atoms with Crippen molar-refractivity contribution < 1.29 is 9.53 Å². The van der Waals surface area contributed by atoms with Crippen LogP contribution in [0.1, 0.15) is 38.7 Å². The molecule has 128 valence electrons. The number of carbonyl (C=O) groups excluding carboxylic acids is 1. The minimum absolute atomic E-state index is 0.0563. The average molecular weight is 319 g/mol. The molecular formula is C18H29N3O2. The van der Waals surface area contributed by atoms with Crippen LogP contribution in [0.2, 0.25) is 0 Å². The topological polar surface area (TPSA) is 76.4 Å². The number of ether oxygens (including phenoxy) is 1. The van der Waals surface area contributed by atoms with E-state index >= 15 is 0 Å². The molecule has 1 aromatic carbocycles. The molecule has 0 spiro atoms. The number of rotatable bonds is 6. The molecule has 1 saturated heterocycles. The SMILES string of the molecule is CC1CC(NC(=O)NCCC(N)Cc2ccccc2)CC(C)O1. The largest absolute Gasteiger partial charge is 0.375 e. The first-order valence-electron chi connectivity index (χ1n) is 8.52. The van der Waals surface area contributed by atoms with Crippen LogP contribution in [0, 0.1) is 0 Å². The van der Waals surface area contributed by atoms with Gasteiger partial charge in [0, 0.05) is 18.6 Å². The summed E-state index contributed by atoms with van der Waals surface area (Å²) in [6, 6.07) is 10.3. The Balaban J connectivity index is 1.62. The maximum Gasteiger partial charge on any atom is 0.315 e. The summed E-state index contributed by atoms with van der Waals surface area (Å²) in [6.07, 6.45) is 3.73. The fourth-order valence-corrected chi connectivity index (χ4v) is 3.15. The van der Waals surface area contributed by atoms with Crippen molar-refractivity contribution in [2.45, 2.75) is 63.8 Å². The molecular weight excluding hydrogens is 290 g/mol. The molecule has 1 fully saturated rings. The molecule has 0 aliphatic carbocycles. The quantitative estimate of drug-likeness (QED) is 0.752. The number of carbonyl (C=O) groups is 1. The number of hydrogen-bond acceptors (Lipinski definition) is 3. The van der Waals surface area contributed by atoms with E-state index in [0.29, 0.717) is 6.54 Å². The van der Waals surface area contributed by atoms with Crippen LogP contribution in [0.5, 0.6) is 0 Å². The number of hydrogen-bond donors (Lipinski definition) is 3. The second kappa shape index (κ2) is 8.89. The Morgan fingerprint density at radius 2 is 1.91 bits per heavy atom. The zero-order chi connectivity index (χ0) is 16.7. The number of nitrogens with one attached hydrogen (secondary N) is 2. The van der Waals surface area contributed by atoms with Crippen molar-refractivity contribution in [2.24, 2.45) is 5.73 Å². The van der Waals surface area contributed by atoms with Gasteiger partial charge in [0.25, 0.3) is 0 Å². The molecule has 5 nitrogen and oxygen atoms in total. The summed E-state index contributed by atoms with van der Waals surface area (Å²) in [6.45, 7) is 4.68. The molecule has 0 aromatic heterocycles. The smallest absolute Gasteiger partial charge is 0.315 e.